The second-order valence-corrected chi connectivity index (χ2v) is 4.36. The molecule has 1 unspecified atom stereocenters. The molecule has 0 radical (unpaired) electrons. The van der Waals surface area contributed by atoms with Gasteiger partial charge in [-0.15, -0.1) is 0 Å². The molecule has 19 heavy (non-hydrogen) atoms. The highest BCUT2D eigenvalue weighted by molar-refractivity contribution is 5.97. The Morgan fingerprint density at radius 1 is 1.32 bits per heavy atom. The van der Waals surface area contributed by atoms with Gasteiger partial charge < -0.3 is 10.0 Å². The lowest BCUT2D eigenvalue weighted by molar-refractivity contribution is -0.141. The van der Waals surface area contributed by atoms with Crippen molar-refractivity contribution in [1.82, 2.24) is 4.90 Å². The monoisotopic (exact) mass is 263 g/mol. The number of hydrogen-bond donors (Lipinski definition) is 1. The predicted molar refractivity (Wildman–Crippen MR) is 74.2 cm³/mol. The molecule has 4 heteroatoms. The molecular weight excluding hydrogens is 242 g/mol. The van der Waals surface area contributed by atoms with Gasteiger partial charge >= 0.3 is 5.97 Å². The summed E-state index contributed by atoms with van der Waals surface area (Å²) in [5.41, 5.74) is 1.57. The largest absolute Gasteiger partial charge is 0.480 e. The van der Waals surface area contributed by atoms with Crippen molar-refractivity contribution >= 4 is 11.9 Å². The molecule has 1 saturated heterocycles. The summed E-state index contributed by atoms with van der Waals surface area (Å²) in [6.45, 7) is 6.44. The molecule has 1 aromatic carbocycles. The van der Waals surface area contributed by atoms with E-state index in [1.165, 1.54) is 4.90 Å². The molecule has 104 valence electrons. The summed E-state index contributed by atoms with van der Waals surface area (Å²) in [7, 11) is 0. The standard InChI is InChI=1S/C13H15NO3.C2H6/c1-9-4-2-5-10(8-9)12(15)14-7-3-6-11(14)13(16)17;1-2/h2,4-5,8,11H,3,6-7H2,1H3,(H,16,17);1-2H3. The lowest BCUT2D eigenvalue weighted by Crippen LogP contribution is -2.40. The van der Waals surface area contributed by atoms with Crippen LogP contribution in [0.25, 0.3) is 0 Å². The first-order valence-corrected chi connectivity index (χ1v) is 6.70. The van der Waals surface area contributed by atoms with E-state index in [-0.39, 0.29) is 5.91 Å². The van der Waals surface area contributed by atoms with E-state index in [1.807, 2.05) is 32.9 Å². The zero-order chi connectivity index (χ0) is 14.4. The highest BCUT2D eigenvalue weighted by Gasteiger charge is 2.34. The van der Waals surface area contributed by atoms with Crippen LogP contribution in [0.3, 0.4) is 0 Å². The quantitative estimate of drug-likeness (QED) is 0.892. The van der Waals surface area contributed by atoms with Gasteiger partial charge in [0, 0.05) is 12.1 Å². The van der Waals surface area contributed by atoms with Gasteiger partial charge in [0.2, 0.25) is 0 Å². The Morgan fingerprint density at radius 2 is 2.00 bits per heavy atom. The van der Waals surface area contributed by atoms with Crippen molar-refractivity contribution in [3.8, 4) is 0 Å². The number of carbonyl (C=O) groups excluding carboxylic acids is 1. The van der Waals surface area contributed by atoms with Crippen LogP contribution < -0.4 is 0 Å². The van der Waals surface area contributed by atoms with Gasteiger partial charge in [-0.3, -0.25) is 4.79 Å². The summed E-state index contributed by atoms with van der Waals surface area (Å²) < 4.78 is 0. The van der Waals surface area contributed by atoms with E-state index >= 15 is 0 Å². The second-order valence-electron chi connectivity index (χ2n) is 4.36. The summed E-state index contributed by atoms with van der Waals surface area (Å²) in [6.07, 6.45) is 1.31. The van der Waals surface area contributed by atoms with Crippen molar-refractivity contribution in [2.45, 2.75) is 39.7 Å². The second kappa shape index (κ2) is 6.92. The highest BCUT2D eigenvalue weighted by atomic mass is 16.4. The number of nitrogens with zero attached hydrogens (tertiary/aromatic N) is 1. The molecule has 0 saturated carbocycles. The number of rotatable bonds is 2. The van der Waals surface area contributed by atoms with Crippen molar-refractivity contribution in [3.63, 3.8) is 0 Å². The Morgan fingerprint density at radius 3 is 2.58 bits per heavy atom. The molecule has 0 spiro atoms. The molecule has 0 bridgehead atoms. The zero-order valence-corrected chi connectivity index (χ0v) is 11.7. The van der Waals surface area contributed by atoms with Crippen LogP contribution in [-0.4, -0.2) is 34.5 Å². The van der Waals surface area contributed by atoms with Crippen LogP contribution in [0.4, 0.5) is 0 Å². The Labute approximate surface area is 114 Å². The molecule has 0 aromatic heterocycles. The maximum absolute atomic E-state index is 12.2. The Balaban J connectivity index is 0.000000861. The van der Waals surface area contributed by atoms with Gasteiger partial charge in [-0.1, -0.05) is 31.5 Å². The van der Waals surface area contributed by atoms with Crippen LogP contribution in [-0.2, 0) is 4.79 Å². The van der Waals surface area contributed by atoms with E-state index in [1.54, 1.807) is 12.1 Å². The summed E-state index contributed by atoms with van der Waals surface area (Å²) in [5, 5.41) is 9.04. The molecule has 2 rings (SSSR count). The third kappa shape index (κ3) is 3.56. The van der Waals surface area contributed by atoms with Crippen LogP contribution in [0.5, 0.6) is 0 Å². The SMILES string of the molecule is CC.Cc1cccc(C(=O)N2CCCC2C(=O)O)c1. The maximum Gasteiger partial charge on any atom is 0.326 e. The van der Waals surface area contributed by atoms with Crippen LogP contribution in [0, 0.1) is 6.92 Å². The van der Waals surface area contributed by atoms with E-state index in [0.29, 0.717) is 18.5 Å². The van der Waals surface area contributed by atoms with Crippen LogP contribution in [0.15, 0.2) is 24.3 Å². The highest BCUT2D eigenvalue weighted by Crippen LogP contribution is 2.20. The number of aliphatic carboxylic acids is 1. The summed E-state index contributed by atoms with van der Waals surface area (Å²) in [6, 6.07) is 6.58. The van der Waals surface area contributed by atoms with Crippen molar-refractivity contribution in [3.05, 3.63) is 35.4 Å². The molecule has 1 atom stereocenters. The van der Waals surface area contributed by atoms with Gasteiger partial charge in [0.15, 0.2) is 0 Å². The van der Waals surface area contributed by atoms with E-state index in [9.17, 15) is 9.59 Å². The Kier molecular flexibility index (Phi) is 5.55. The number of likely N-dealkylation sites (tertiary alicyclic amines) is 1. The normalized spacial score (nSPS) is 17.6. The minimum absolute atomic E-state index is 0.182. The third-order valence-corrected chi connectivity index (χ3v) is 3.06. The molecule has 1 aliphatic heterocycles. The average Bonchev–Trinajstić information content (AvgIpc) is 2.89. The number of hydrogen-bond acceptors (Lipinski definition) is 2. The lowest BCUT2D eigenvalue weighted by atomic mass is 10.1. The molecule has 1 aromatic rings. The van der Waals surface area contributed by atoms with Crippen molar-refractivity contribution < 1.29 is 14.7 Å². The van der Waals surface area contributed by atoms with Crippen molar-refractivity contribution in [2.24, 2.45) is 0 Å². The first-order valence-electron chi connectivity index (χ1n) is 6.70. The maximum atomic E-state index is 12.2. The van der Waals surface area contributed by atoms with Gasteiger partial charge in [0.1, 0.15) is 6.04 Å². The first-order chi connectivity index (χ1) is 9.09. The summed E-state index contributed by atoms with van der Waals surface area (Å²) in [4.78, 5) is 24.7. The van der Waals surface area contributed by atoms with Gasteiger partial charge in [0.25, 0.3) is 5.91 Å². The van der Waals surface area contributed by atoms with Crippen LogP contribution in [0.2, 0.25) is 0 Å². The molecule has 1 heterocycles. The number of aryl methyl sites for hydroxylation is 1. The number of carboxylic acids is 1. The topological polar surface area (TPSA) is 57.6 Å². The predicted octanol–water partition coefficient (Wildman–Crippen LogP) is 2.71. The van der Waals surface area contributed by atoms with Crippen LogP contribution in [0.1, 0.15) is 42.6 Å². The molecule has 1 N–H and O–H groups in total. The first kappa shape index (κ1) is 15.2. The average molecular weight is 263 g/mol. The zero-order valence-electron chi connectivity index (χ0n) is 11.7. The minimum atomic E-state index is -0.913. The number of benzene rings is 1. The fourth-order valence-electron chi connectivity index (χ4n) is 2.21. The van der Waals surface area contributed by atoms with E-state index < -0.39 is 12.0 Å². The molecule has 0 aliphatic carbocycles. The van der Waals surface area contributed by atoms with E-state index in [0.717, 1.165) is 12.0 Å². The molecule has 1 fully saturated rings. The summed E-state index contributed by atoms with van der Waals surface area (Å²) >= 11 is 0. The smallest absolute Gasteiger partial charge is 0.326 e. The Bertz CT molecular complexity index is 456. The fourth-order valence-corrected chi connectivity index (χ4v) is 2.21. The number of amides is 1. The Hall–Kier alpha value is -1.84. The van der Waals surface area contributed by atoms with Gasteiger partial charge in [0.05, 0.1) is 0 Å². The van der Waals surface area contributed by atoms with Gasteiger partial charge in [-0.25, -0.2) is 4.79 Å². The lowest BCUT2D eigenvalue weighted by Gasteiger charge is -2.21. The van der Waals surface area contributed by atoms with Crippen LogP contribution >= 0.6 is 0 Å². The number of carboxylic acid groups (broad SMARTS) is 1. The van der Waals surface area contributed by atoms with E-state index in [4.69, 9.17) is 5.11 Å². The minimum Gasteiger partial charge on any atom is -0.480 e. The van der Waals surface area contributed by atoms with Gasteiger partial charge in [-0.05, 0) is 31.9 Å². The van der Waals surface area contributed by atoms with Crippen molar-refractivity contribution in [1.29, 1.82) is 0 Å². The van der Waals surface area contributed by atoms with E-state index in [2.05, 4.69) is 0 Å². The summed E-state index contributed by atoms with van der Waals surface area (Å²) in [5.74, 6) is -1.10. The molecule has 4 nitrogen and oxygen atoms in total. The third-order valence-electron chi connectivity index (χ3n) is 3.06. The molecular formula is C15H21NO3. The molecule has 1 aliphatic rings. The molecule has 1 amide bonds. The van der Waals surface area contributed by atoms with Crippen molar-refractivity contribution in [2.75, 3.05) is 6.54 Å². The fraction of sp³-hybridized carbons (Fsp3) is 0.467. The number of carbonyl (C=O) groups is 2. The van der Waals surface area contributed by atoms with Gasteiger partial charge in [-0.2, -0.15) is 0 Å².